The number of nitrogens with zero attached hydrogens (tertiary/aromatic N) is 2. The normalized spacial score (nSPS) is 17.8. The van der Waals surface area contributed by atoms with E-state index in [0.717, 1.165) is 17.8 Å². The number of carbonyl (C=O) groups excluding carboxylic acids is 2. The van der Waals surface area contributed by atoms with Crippen molar-refractivity contribution in [3.63, 3.8) is 0 Å². The van der Waals surface area contributed by atoms with Gasteiger partial charge in [-0.15, -0.1) is 11.3 Å². The van der Waals surface area contributed by atoms with Crippen LogP contribution >= 0.6 is 11.3 Å². The van der Waals surface area contributed by atoms with E-state index < -0.39 is 0 Å². The molecule has 1 aliphatic rings. The average Bonchev–Trinajstić information content (AvgIpc) is 3.19. The van der Waals surface area contributed by atoms with Crippen molar-refractivity contribution in [3.8, 4) is 0 Å². The lowest BCUT2D eigenvalue weighted by Gasteiger charge is -2.31. The van der Waals surface area contributed by atoms with E-state index in [2.05, 4.69) is 15.8 Å². The van der Waals surface area contributed by atoms with Gasteiger partial charge in [0.25, 0.3) is 0 Å². The van der Waals surface area contributed by atoms with Crippen molar-refractivity contribution >= 4 is 34.1 Å². The molecule has 2 aromatic heterocycles. The van der Waals surface area contributed by atoms with Crippen LogP contribution in [-0.4, -0.2) is 35.1 Å². The van der Waals surface area contributed by atoms with Crippen LogP contribution in [-0.2, 0) is 4.79 Å². The monoisotopic (exact) mass is 334 g/mol. The highest BCUT2D eigenvalue weighted by atomic mass is 32.1. The molecule has 0 spiro atoms. The highest BCUT2D eigenvalue weighted by Gasteiger charge is 2.29. The summed E-state index contributed by atoms with van der Waals surface area (Å²) in [6, 6.07) is 5.24. The zero-order valence-electron chi connectivity index (χ0n) is 12.7. The molecule has 0 saturated carbocycles. The molecule has 3 amide bonds. The zero-order valence-corrected chi connectivity index (χ0v) is 13.6. The van der Waals surface area contributed by atoms with Crippen molar-refractivity contribution in [3.05, 3.63) is 29.3 Å². The quantitative estimate of drug-likeness (QED) is 0.903. The van der Waals surface area contributed by atoms with Gasteiger partial charge in [-0.05, 0) is 37.3 Å². The number of aryl methyl sites for hydroxylation is 1. The van der Waals surface area contributed by atoms with Gasteiger partial charge in [0.2, 0.25) is 5.91 Å². The SMILES string of the molecule is Cc1cc(NC(=O)C2CCCN(C(=O)Nc3cccs3)C2)no1. The molecule has 8 heteroatoms. The molecular formula is C15H18N4O3S. The summed E-state index contributed by atoms with van der Waals surface area (Å²) in [7, 11) is 0. The highest BCUT2D eigenvalue weighted by molar-refractivity contribution is 7.14. The summed E-state index contributed by atoms with van der Waals surface area (Å²) >= 11 is 1.47. The van der Waals surface area contributed by atoms with Gasteiger partial charge < -0.3 is 14.7 Å². The average molecular weight is 334 g/mol. The molecule has 0 aromatic carbocycles. The van der Waals surface area contributed by atoms with Crippen molar-refractivity contribution < 1.29 is 14.1 Å². The number of hydrogen-bond donors (Lipinski definition) is 2. The Morgan fingerprint density at radius 2 is 2.30 bits per heavy atom. The fourth-order valence-electron chi connectivity index (χ4n) is 2.56. The molecule has 1 saturated heterocycles. The highest BCUT2D eigenvalue weighted by Crippen LogP contribution is 2.21. The van der Waals surface area contributed by atoms with Crippen molar-refractivity contribution in [2.45, 2.75) is 19.8 Å². The molecule has 1 atom stereocenters. The minimum absolute atomic E-state index is 0.132. The third-order valence-electron chi connectivity index (χ3n) is 3.71. The molecule has 7 nitrogen and oxygen atoms in total. The van der Waals surface area contributed by atoms with Crippen LogP contribution in [0.4, 0.5) is 15.6 Å². The first-order valence-corrected chi connectivity index (χ1v) is 8.33. The minimum Gasteiger partial charge on any atom is -0.360 e. The molecule has 1 fully saturated rings. The Bertz CT molecular complexity index is 683. The molecule has 3 heterocycles. The van der Waals surface area contributed by atoms with E-state index in [1.165, 1.54) is 11.3 Å². The van der Waals surface area contributed by atoms with E-state index >= 15 is 0 Å². The number of rotatable bonds is 3. The molecular weight excluding hydrogens is 316 g/mol. The van der Waals surface area contributed by atoms with Crippen LogP contribution in [0.3, 0.4) is 0 Å². The second kappa shape index (κ2) is 6.82. The molecule has 0 aliphatic carbocycles. The summed E-state index contributed by atoms with van der Waals surface area (Å²) in [5.74, 6) is 0.676. The van der Waals surface area contributed by atoms with Crippen LogP contribution in [0.1, 0.15) is 18.6 Å². The van der Waals surface area contributed by atoms with Crippen molar-refractivity contribution in [1.29, 1.82) is 0 Å². The molecule has 2 aromatic rings. The second-order valence-electron chi connectivity index (χ2n) is 5.50. The van der Waals surface area contributed by atoms with Gasteiger partial charge in [0.05, 0.1) is 10.9 Å². The van der Waals surface area contributed by atoms with Crippen molar-refractivity contribution in [1.82, 2.24) is 10.1 Å². The molecule has 2 N–H and O–H groups in total. The van der Waals surface area contributed by atoms with Crippen LogP contribution in [0.15, 0.2) is 28.1 Å². The minimum atomic E-state index is -0.241. The Morgan fingerprint density at radius 3 is 3.00 bits per heavy atom. The summed E-state index contributed by atoms with van der Waals surface area (Å²) in [6.07, 6.45) is 1.55. The molecule has 1 aliphatic heterocycles. The third-order valence-corrected chi connectivity index (χ3v) is 4.50. The largest absolute Gasteiger partial charge is 0.360 e. The van der Waals surface area contributed by atoms with E-state index in [-0.39, 0.29) is 17.9 Å². The van der Waals surface area contributed by atoms with Crippen LogP contribution in [0.25, 0.3) is 0 Å². The molecule has 3 rings (SSSR count). The number of nitrogens with one attached hydrogen (secondary N) is 2. The maximum atomic E-state index is 12.3. The van der Waals surface area contributed by atoms with Gasteiger partial charge in [0.15, 0.2) is 5.82 Å². The Labute approximate surface area is 137 Å². The van der Waals surface area contributed by atoms with E-state index in [1.807, 2.05) is 17.5 Å². The van der Waals surface area contributed by atoms with Gasteiger partial charge in [-0.3, -0.25) is 10.1 Å². The zero-order chi connectivity index (χ0) is 16.2. The van der Waals surface area contributed by atoms with Gasteiger partial charge in [0.1, 0.15) is 5.76 Å². The standard InChI is InChI=1S/C15H18N4O3S/c1-10-8-12(18-22-10)16-14(20)11-4-2-6-19(9-11)15(21)17-13-5-3-7-23-13/h3,5,7-8,11H,2,4,6,9H2,1H3,(H,17,21)(H,16,18,20). The van der Waals surface area contributed by atoms with Crippen molar-refractivity contribution in [2.75, 3.05) is 23.7 Å². The summed E-state index contributed by atoms with van der Waals surface area (Å²) in [5.41, 5.74) is 0. The number of piperidine rings is 1. The smallest absolute Gasteiger partial charge is 0.322 e. The number of thiophene rings is 1. The van der Waals surface area contributed by atoms with E-state index in [0.29, 0.717) is 24.7 Å². The van der Waals surface area contributed by atoms with Crippen molar-refractivity contribution in [2.24, 2.45) is 5.92 Å². The number of hydrogen-bond acceptors (Lipinski definition) is 5. The van der Waals surface area contributed by atoms with Crippen LogP contribution < -0.4 is 10.6 Å². The number of carbonyl (C=O) groups is 2. The summed E-state index contributed by atoms with van der Waals surface area (Å²) in [5, 5.41) is 12.1. The Balaban J connectivity index is 1.56. The topological polar surface area (TPSA) is 87.5 Å². The molecule has 23 heavy (non-hydrogen) atoms. The fraction of sp³-hybridized carbons (Fsp3) is 0.400. The van der Waals surface area contributed by atoms with Gasteiger partial charge in [-0.2, -0.15) is 0 Å². The van der Waals surface area contributed by atoms with Gasteiger partial charge >= 0.3 is 6.03 Å². The van der Waals surface area contributed by atoms with Crippen LogP contribution in [0, 0.1) is 12.8 Å². The summed E-state index contributed by atoms with van der Waals surface area (Å²) < 4.78 is 4.93. The lowest BCUT2D eigenvalue weighted by molar-refractivity contribution is -0.121. The molecule has 0 radical (unpaired) electrons. The van der Waals surface area contributed by atoms with Gasteiger partial charge in [0, 0.05) is 19.2 Å². The first kappa shape index (κ1) is 15.5. The first-order valence-electron chi connectivity index (χ1n) is 7.45. The maximum Gasteiger partial charge on any atom is 0.322 e. The fourth-order valence-corrected chi connectivity index (χ4v) is 3.17. The maximum absolute atomic E-state index is 12.3. The lowest BCUT2D eigenvalue weighted by atomic mass is 9.97. The van der Waals surface area contributed by atoms with Gasteiger partial charge in [-0.1, -0.05) is 5.16 Å². The lowest BCUT2D eigenvalue weighted by Crippen LogP contribution is -2.45. The molecule has 1 unspecified atom stereocenters. The number of urea groups is 1. The summed E-state index contributed by atoms with van der Waals surface area (Å²) in [4.78, 5) is 26.3. The number of anilines is 2. The third kappa shape index (κ3) is 3.89. The number of likely N-dealkylation sites (tertiary alicyclic amines) is 1. The first-order chi connectivity index (χ1) is 11.1. The molecule has 0 bridgehead atoms. The van der Waals surface area contributed by atoms with Crippen LogP contribution in [0.5, 0.6) is 0 Å². The van der Waals surface area contributed by atoms with E-state index in [4.69, 9.17) is 4.52 Å². The van der Waals surface area contributed by atoms with Gasteiger partial charge in [-0.25, -0.2) is 4.79 Å². The Kier molecular flexibility index (Phi) is 4.61. The Hall–Kier alpha value is -2.35. The van der Waals surface area contributed by atoms with E-state index in [9.17, 15) is 9.59 Å². The van der Waals surface area contributed by atoms with E-state index in [1.54, 1.807) is 17.9 Å². The summed E-state index contributed by atoms with van der Waals surface area (Å²) in [6.45, 7) is 2.82. The predicted octanol–water partition coefficient (Wildman–Crippen LogP) is 2.93. The number of amides is 3. The molecule has 122 valence electrons. The Morgan fingerprint density at radius 1 is 1.43 bits per heavy atom. The second-order valence-corrected chi connectivity index (χ2v) is 6.45. The van der Waals surface area contributed by atoms with Crippen LogP contribution in [0.2, 0.25) is 0 Å². The number of aromatic nitrogens is 1. The predicted molar refractivity (Wildman–Crippen MR) is 87.5 cm³/mol.